The van der Waals surface area contributed by atoms with Gasteiger partial charge in [-0.3, -0.25) is 19.3 Å². The van der Waals surface area contributed by atoms with Crippen LogP contribution in [0.15, 0.2) is 0 Å². The molecule has 1 rings (SSSR count). The predicted molar refractivity (Wildman–Crippen MR) is 77.6 cm³/mol. The normalized spacial score (nSPS) is 15.2. The van der Waals surface area contributed by atoms with E-state index >= 15 is 0 Å². The number of amides is 2. The molecule has 7 heteroatoms. The molecular formula is C14H25N3O4. The lowest BCUT2D eigenvalue weighted by atomic mass is 10.3. The van der Waals surface area contributed by atoms with Gasteiger partial charge in [0.1, 0.15) is 0 Å². The fourth-order valence-electron chi connectivity index (χ4n) is 2.23. The molecule has 1 aliphatic rings. The molecule has 1 aliphatic heterocycles. The van der Waals surface area contributed by atoms with Crippen LogP contribution in [0.1, 0.15) is 20.8 Å². The second-order valence-corrected chi connectivity index (χ2v) is 5.00. The standard InChI is InChI=1S/C14H25N3O4/c1-4-15(11-14(20)21-5-2)10-13(19)17-8-6-16(7-9-17)12(3)18/h4-11H2,1-3H3. The number of piperazine rings is 1. The first-order valence-electron chi connectivity index (χ1n) is 7.39. The zero-order valence-corrected chi connectivity index (χ0v) is 13.1. The van der Waals surface area contributed by atoms with E-state index in [9.17, 15) is 14.4 Å². The lowest BCUT2D eigenvalue weighted by Gasteiger charge is -2.35. The zero-order valence-electron chi connectivity index (χ0n) is 13.1. The van der Waals surface area contributed by atoms with E-state index < -0.39 is 0 Å². The quantitative estimate of drug-likeness (QED) is 0.622. The van der Waals surface area contributed by atoms with Crippen LogP contribution in [0.2, 0.25) is 0 Å². The summed E-state index contributed by atoms with van der Waals surface area (Å²) in [7, 11) is 0. The maximum atomic E-state index is 12.2. The van der Waals surface area contributed by atoms with Gasteiger partial charge >= 0.3 is 5.97 Å². The summed E-state index contributed by atoms with van der Waals surface area (Å²) < 4.78 is 4.89. The largest absolute Gasteiger partial charge is 0.465 e. The average molecular weight is 299 g/mol. The topological polar surface area (TPSA) is 70.2 Å². The molecule has 0 saturated carbocycles. The summed E-state index contributed by atoms with van der Waals surface area (Å²) in [5.74, 6) is -0.280. The Morgan fingerprint density at radius 3 is 2.05 bits per heavy atom. The molecule has 1 fully saturated rings. The van der Waals surface area contributed by atoms with Gasteiger partial charge in [0.2, 0.25) is 11.8 Å². The Bertz CT molecular complexity index is 378. The number of carbonyl (C=O) groups excluding carboxylic acids is 3. The first kappa shape index (κ1) is 17.4. The highest BCUT2D eigenvalue weighted by Gasteiger charge is 2.24. The Hall–Kier alpha value is -1.63. The van der Waals surface area contributed by atoms with Gasteiger partial charge < -0.3 is 14.5 Å². The second kappa shape index (κ2) is 8.61. The minimum atomic E-state index is -0.312. The van der Waals surface area contributed by atoms with Crippen LogP contribution < -0.4 is 0 Å². The van der Waals surface area contributed by atoms with E-state index in [4.69, 9.17) is 4.74 Å². The summed E-state index contributed by atoms with van der Waals surface area (Å²) in [6, 6.07) is 0. The van der Waals surface area contributed by atoms with Gasteiger partial charge in [0.25, 0.3) is 0 Å². The minimum Gasteiger partial charge on any atom is -0.465 e. The Morgan fingerprint density at radius 1 is 1.00 bits per heavy atom. The fourth-order valence-corrected chi connectivity index (χ4v) is 2.23. The molecule has 120 valence electrons. The van der Waals surface area contributed by atoms with Gasteiger partial charge in [-0.05, 0) is 13.5 Å². The molecule has 0 aromatic carbocycles. The Morgan fingerprint density at radius 2 is 1.57 bits per heavy atom. The minimum absolute atomic E-state index is 0.00986. The van der Waals surface area contributed by atoms with Crippen LogP contribution >= 0.6 is 0 Å². The van der Waals surface area contributed by atoms with Crippen LogP contribution in [0.25, 0.3) is 0 Å². The molecule has 0 aromatic heterocycles. The Labute approximate surface area is 125 Å². The molecule has 0 spiro atoms. The van der Waals surface area contributed by atoms with Crippen molar-refractivity contribution in [1.29, 1.82) is 0 Å². The van der Waals surface area contributed by atoms with Gasteiger partial charge in [-0.25, -0.2) is 0 Å². The zero-order chi connectivity index (χ0) is 15.8. The van der Waals surface area contributed by atoms with Crippen LogP contribution in [0.3, 0.4) is 0 Å². The van der Waals surface area contributed by atoms with Gasteiger partial charge in [0, 0.05) is 33.1 Å². The molecule has 21 heavy (non-hydrogen) atoms. The molecule has 0 atom stereocenters. The lowest BCUT2D eigenvalue weighted by molar-refractivity contribution is -0.146. The first-order chi connectivity index (χ1) is 9.97. The van der Waals surface area contributed by atoms with Crippen molar-refractivity contribution < 1.29 is 19.1 Å². The van der Waals surface area contributed by atoms with E-state index in [0.29, 0.717) is 39.3 Å². The van der Waals surface area contributed by atoms with Gasteiger partial charge in [-0.15, -0.1) is 0 Å². The van der Waals surface area contributed by atoms with Crippen molar-refractivity contribution in [2.75, 3.05) is 52.4 Å². The fraction of sp³-hybridized carbons (Fsp3) is 0.786. The second-order valence-electron chi connectivity index (χ2n) is 5.00. The highest BCUT2D eigenvalue weighted by atomic mass is 16.5. The van der Waals surface area contributed by atoms with E-state index in [2.05, 4.69) is 0 Å². The van der Waals surface area contributed by atoms with Crippen LogP contribution in [-0.4, -0.2) is 84.9 Å². The van der Waals surface area contributed by atoms with Crippen molar-refractivity contribution in [3.05, 3.63) is 0 Å². The van der Waals surface area contributed by atoms with E-state index in [1.807, 2.05) is 6.92 Å². The molecule has 7 nitrogen and oxygen atoms in total. The smallest absolute Gasteiger partial charge is 0.320 e. The Balaban J connectivity index is 2.41. The number of ether oxygens (including phenoxy) is 1. The van der Waals surface area contributed by atoms with Crippen LogP contribution in [-0.2, 0) is 19.1 Å². The molecule has 0 N–H and O–H groups in total. The molecule has 1 saturated heterocycles. The van der Waals surface area contributed by atoms with Gasteiger partial charge in [0.05, 0.1) is 19.7 Å². The van der Waals surface area contributed by atoms with Gasteiger partial charge in [0.15, 0.2) is 0 Å². The third-order valence-electron chi connectivity index (χ3n) is 3.54. The third-order valence-corrected chi connectivity index (χ3v) is 3.54. The van der Waals surface area contributed by atoms with Crippen molar-refractivity contribution in [2.45, 2.75) is 20.8 Å². The van der Waals surface area contributed by atoms with Gasteiger partial charge in [-0.1, -0.05) is 6.92 Å². The molecule has 0 unspecified atom stereocenters. The first-order valence-corrected chi connectivity index (χ1v) is 7.39. The summed E-state index contributed by atoms with van der Waals surface area (Å²) in [6.07, 6.45) is 0. The van der Waals surface area contributed by atoms with E-state index in [1.165, 1.54) is 6.92 Å². The van der Waals surface area contributed by atoms with Gasteiger partial charge in [-0.2, -0.15) is 0 Å². The number of hydrogen-bond acceptors (Lipinski definition) is 5. The van der Waals surface area contributed by atoms with Crippen molar-refractivity contribution in [2.24, 2.45) is 0 Å². The predicted octanol–water partition coefficient (Wildman–Crippen LogP) is -0.438. The van der Waals surface area contributed by atoms with Crippen LogP contribution in [0, 0.1) is 0 Å². The van der Waals surface area contributed by atoms with Crippen molar-refractivity contribution in [3.63, 3.8) is 0 Å². The summed E-state index contributed by atoms with van der Waals surface area (Å²) in [5, 5.41) is 0. The highest BCUT2D eigenvalue weighted by molar-refractivity contribution is 5.80. The average Bonchev–Trinajstić information content (AvgIpc) is 2.46. The van der Waals surface area contributed by atoms with Crippen LogP contribution in [0.4, 0.5) is 0 Å². The van der Waals surface area contributed by atoms with Crippen molar-refractivity contribution >= 4 is 17.8 Å². The SMILES string of the molecule is CCOC(=O)CN(CC)CC(=O)N1CCN(C(C)=O)CC1. The van der Waals surface area contributed by atoms with Crippen LogP contribution in [0.5, 0.6) is 0 Å². The lowest BCUT2D eigenvalue weighted by Crippen LogP contribution is -2.52. The summed E-state index contributed by atoms with van der Waals surface area (Å²) >= 11 is 0. The number of nitrogens with zero attached hydrogens (tertiary/aromatic N) is 3. The molecule has 0 aliphatic carbocycles. The number of esters is 1. The number of carbonyl (C=O) groups is 3. The van der Waals surface area contributed by atoms with E-state index in [1.54, 1.807) is 21.6 Å². The molecule has 1 heterocycles. The highest BCUT2D eigenvalue weighted by Crippen LogP contribution is 2.03. The summed E-state index contributed by atoms with van der Waals surface area (Å²) in [6.45, 7) is 8.73. The monoisotopic (exact) mass is 299 g/mol. The molecule has 0 bridgehead atoms. The summed E-state index contributed by atoms with van der Waals surface area (Å²) in [5.41, 5.74) is 0. The third kappa shape index (κ3) is 5.71. The maximum Gasteiger partial charge on any atom is 0.320 e. The Kier molecular flexibility index (Phi) is 7.14. The molecule has 2 amide bonds. The van der Waals surface area contributed by atoms with Crippen molar-refractivity contribution in [3.8, 4) is 0 Å². The number of likely N-dealkylation sites (N-methyl/N-ethyl adjacent to an activating group) is 1. The van der Waals surface area contributed by atoms with E-state index in [-0.39, 0.29) is 30.9 Å². The number of rotatable bonds is 6. The maximum absolute atomic E-state index is 12.2. The van der Waals surface area contributed by atoms with Crippen molar-refractivity contribution in [1.82, 2.24) is 14.7 Å². The molecule has 0 aromatic rings. The molecule has 0 radical (unpaired) electrons. The van der Waals surface area contributed by atoms with E-state index in [0.717, 1.165) is 0 Å². The molecular weight excluding hydrogens is 274 g/mol. The summed E-state index contributed by atoms with van der Waals surface area (Å²) in [4.78, 5) is 40.2. The number of hydrogen-bond donors (Lipinski definition) is 0.